The second-order valence-electron chi connectivity index (χ2n) is 3.61. The molecule has 2 rings (SSSR count). The van der Waals surface area contributed by atoms with Crippen molar-refractivity contribution in [2.45, 2.75) is 6.92 Å². The number of esters is 1. The minimum Gasteiger partial charge on any atom is -0.507 e. The number of fused-ring (bicyclic) bond motifs is 1. The second-order valence-corrected chi connectivity index (χ2v) is 3.61. The van der Waals surface area contributed by atoms with Gasteiger partial charge >= 0.3 is 5.97 Å². The Balaban J connectivity index is 0.00000144. The van der Waals surface area contributed by atoms with E-state index in [9.17, 15) is 9.90 Å². The van der Waals surface area contributed by atoms with Crippen LogP contribution >= 0.6 is 0 Å². The Hall–Kier alpha value is -0.588. The standard InChI is InChI=1S/C13H12O3.Ac/c1-8-9-5-3-4-6-10(9)12(14)7-11(8)13(15)16-2;/h3-7,14H,1-2H3;. The number of aryl methyl sites for hydroxylation is 1. The van der Waals surface area contributed by atoms with Crippen LogP contribution < -0.4 is 0 Å². The number of methoxy groups -OCH3 is 1. The molecule has 0 aliphatic rings. The van der Waals surface area contributed by atoms with Crippen molar-refractivity contribution >= 4 is 16.7 Å². The van der Waals surface area contributed by atoms with Crippen molar-refractivity contribution in [1.29, 1.82) is 0 Å². The molecule has 0 saturated carbocycles. The quantitative estimate of drug-likeness (QED) is 0.690. The van der Waals surface area contributed by atoms with Gasteiger partial charge in [0, 0.05) is 49.4 Å². The van der Waals surface area contributed by atoms with Crippen molar-refractivity contribution in [2.24, 2.45) is 0 Å². The van der Waals surface area contributed by atoms with Crippen LogP contribution in [0.5, 0.6) is 5.75 Å². The van der Waals surface area contributed by atoms with E-state index >= 15 is 0 Å². The predicted octanol–water partition coefficient (Wildman–Crippen LogP) is 2.64. The number of carbonyl (C=O) groups excluding carboxylic acids is 1. The summed E-state index contributed by atoms with van der Waals surface area (Å²) in [6, 6.07) is 8.86. The molecular formula is C13H12AcO3. The molecular weight excluding hydrogens is 431 g/mol. The molecule has 1 N–H and O–H groups in total. The summed E-state index contributed by atoms with van der Waals surface area (Å²) in [6.45, 7) is 1.84. The minimum absolute atomic E-state index is 0. The Bertz CT molecular complexity index is 564. The van der Waals surface area contributed by atoms with E-state index in [4.69, 9.17) is 0 Å². The van der Waals surface area contributed by atoms with Crippen LogP contribution in [0.25, 0.3) is 10.8 Å². The molecule has 0 saturated heterocycles. The monoisotopic (exact) mass is 443 g/mol. The zero-order chi connectivity index (χ0) is 11.7. The fourth-order valence-corrected chi connectivity index (χ4v) is 1.82. The maximum Gasteiger partial charge on any atom is 0.338 e. The first-order valence-corrected chi connectivity index (χ1v) is 4.94. The van der Waals surface area contributed by atoms with Gasteiger partial charge in [0.1, 0.15) is 5.75 Å². The molecule has 4 heteroatoms. The first kappa shape index (κ1) is 14.5. The van der Waals surface area contributed by atoms with E-state index < -0.39 is 5.97 Å². The number of benzene rings is 2. The van der Waals surface area contributed by atoms with Crippen LogP contribution in [0, 0.1) is 51.0 Å². The Morgan fingerprint density at radius 3 is 2.41 bits per heavy atom. The average Bonchev–Trinajstić information content (AvgIpc) is 2.33. The SMILES string of the molecule is COC(=O)c1cc(O)c2ccccc2c1C.[Ac]. The van der Waals surface area contributed by atoms with E-state index in [-0.39, 0.29) is 49.8 Å². The summed E-state index contributed by atoms with van der Waals surface area (Å²) >= 11 is 0. The number of ether oxygens (including phenoxy) is 1. The first-order valence-electron chi connectivity index (χ1n) is 4.94. The third-order valence-corrected chi connectivity index (χ3v) is 2.70. The third-order valence-electron chi connectivity index (χ3n) is 2.70. The van der Waals surface area contributed by atoms with Gasteiger partial charge in [0.15, 0.2) is 0 Å². The molecule has 85 valence electrons. The molecule has 3 nitrogen and oxygen atoms in total. The largest absolute Gasteiger partial charge is 0.507 e. The van der Waals surface area contributed by atoms with Gasteiger partial charge in [0.2, 0.25) is 0 Å². The number of aromatic hydroxyl groups is 1. The van der Waals surface area contributed by atoms with Crippen LogP contribution in [-0.2, 0) is 4.74 Å². The molecule has 0 unspecified atom stereocenters. The van der Waals surface area contributed by atoms with Gasteiger partial charge in [-0.25, -0.2) is 4.79 Å². The molecule has 0 heterocycles. The van der Waals surface area contributed by atoms with Gasteiger partial charge in [-0.05, 0) is 23.9 Å². The van der Waals surface area contributed by atoms with Gasteiger partial charge in [0.05, 0.1) is 12.7 Å². The van der Waals surface area contributed by atoms with Crippen LogP contribution in [0.4, 0.5) is 0 Å². The van der Waals surface area contributed by atoms with Gasteiger partial charge in [-0.1, -0.05) is 24.3 Å². The maximum atomic E-state index is 11.5. The topological polar surface area (TPSA) is 46.5 Å². The number of phenolic OH excluding ortho intramolecular Hbond substituents is 1. The van der Waals surface area contributed by atoms with Crippen molar-refractivity contribution < 1.29 is 58.7 Å². The second kappa shape index (κ2) is 5.84. The molecule has 0 bridgehead atoms. The smallest absolute Gasteiger partial charge is 0.338 e. The molecule has 0 fully saturated rings. The average molecular weight is 443 g/mol. The number of hydrogen-bond donors (Lipinski definition) is 1. The summed E-state index contributed by atoms with van der Waals surface area (Å²) in [5.74, 6) is -0.333. The number of phenols is 1. The summed E-state index contributed by atoms with van der Waals surface area (Å²) in [7, 11) is 1.33. The zero-order valence-corrected chi connectivity index (χ0v) is 14.5. The van der Waals surface area contributed by atoms with E-state index in [0.717, 1.165) is 16.3 Å². The third kappa shape index (κ3) is 2.64. The fraction of sp³-hybridized carbons (Fsp3) is 0.154. The summed E-state index contributed by atoms with van der Waals surface area (Å²) in [5.41, 5.74) is 1.22. The molecule has 0 aromatic heterocycles. The van der Waals surface area contributed by atoms with Crippen LogP contribution in [0.3, 0.4) is 0 Å². The van der Waals surface area contributed by atoms with E-state index in [1.165, 1.54) is 13.2 Å². The Labute approximate surface area is 135 Å². The molecule has 1 radical (unpaired) electrons. The molecule has 0 aliphatic carbocycles. The van der Waals surface area contributed by atoms with Crippen molar-refractivity contribution in [1.82, 2.24) is 0 Å². The summed E-state index contributed by atoms with van der Waals surface area (Å²) in [6.07, 6.45) is 0. The molecule has 2 aromatic carbocycles. The van der Waals surface area contributed by atoms with Gasteiger partial charge in [-0.15, -0.1) is 0 Å². The molecule has 0 spiro atoms. The molecule has 0 atom stereocenters. The van der Waals surface area contributed by atoms with E-state index in [1.54, 1.807) is 0 Å². The van der Waals surface area contributed by atoms with Crippen molar-refractivity contribution in [2.75, 3.05) is 7.11 Å². The number of rotatable bonds is 1. The van der Waals surface area contributed by atoms with Crippen molar-refractivity contribution in [3.8, 4) is 5.75 Å². The van der Waals surface area contributed by atoms with Crippen LogP contribution in [0.1, 0.15) is 15.9 Å². The van der Waals surface area contributed by atoms with Crippen LogP contribution in [0.15, 0.2) is 30.3 Å². The Morgan fingerprint density at radius 2 is 1.82 bits per heavy atom. The summed E-state index contributed by atoms with van der Waals surface area (Å²) in [4.78, 5) is 11.5. The summed E-state index contributed by atoms with van der Waals surface area (Å²) in [5, 5.41) is 11.4. The molecule has 0 amide bonds. The maximum absolute atomic E-state index is 11.5. The minimum atomic E-state index is -0.432. The predicted molar refractivity (Wildman–Crippen MR) is 61.7 cm³/mol. The van der Waals surface area contributed by atoms with Crippen LogP contribution in [0.2, 0.25) is 0 Å². The summed E-state index contributed by atoms with van der Waals surface area (Å²) < 4.78 is 4.67. The number of hydrogen-bond acceptors (Lipinski definition) is 3. The van der Waals surface area contributed by atoms with Crippen molar-refractivity contribution in [3.63, 3.8) is 0 Å². The van der Waals surface area contributed by atoms with Crippen LogP contribution in [-0.4, -0.2) is 18.2 Å². The van der Waals surface area contributed by atoms with Gasteiger partial charge in [0.25, 0.3) is 0 Å². The van der Waals surface area contributed by atoms with Gasteiger partial charge < -0.3 is 9.84 Å². The van der Waals surface area contributed by atoms with Crippen molar-refractivity contribution in [3.05, 3.63) is 41.5 Å². The molecule has 2 aromatic rings. The molecule has 17 heavy (non-hydrogen) atoms. The van der Waals surface area contributed by atoms with E-state index in [1.807, 2.05) is 31.2 Å². The Morgan fingerprint density at radius 1 is 1.24 bits per heavy atom. The first-order chi connectivity index (χ1) is 7.65. The normalized spacial score (nSPS) is 9.76. The van der Waals surface area contributed by atoms with Gasteiger partial charge in [-0.3, -0.25) is 0 Å². The Kier molecular flexibility index (Phi) is 4.97. The zero-order valence-electron chi connectivity index (χ0n) is 9.73. The molecule has 0 aliphatic heterocycles. The van der Waals surface area contributed by atoms with Gasteiger partial charge in [-0.2, -0.15) is 0 Å². The number of carbonyl (C=O) groups is 1. The van der Waals surface area contributed by atoms with E-state index in [2.05, 4.69) is 4.74 Å². The van der Waals surface area contributed by atoms with E-state index in [0.29, 0.717) is 5.56 Å². The fourth-order valence-electron chi connectivity index (χ4n) is 1.82.